The number of halogens is 1. The van der Waals surface area contributed by atoms with Crippen molar-refractivity contribution >= 4 is 17.6 Å². The Morgan fingerprint density at radius 1 is 1.08 bits per heavy atom. The Bertz CT molecular complexity index is 660. The Kier molecular flexibility index (Phi) is 7.23. The van der Waals surface area contributed by atoms with Crippen molar-refractivity contribution in [2.24, 2.45) is 4.99 Å². The van der Waals surface area contributed by atoms with E-state index in [1.807, 2.05) is 48.5 Å². The van der Waals surface area contributed by atoms with Gasteiger partial charge in [0.05, 0.1) is 13.7 Å². The molecule has 0 heterocycles. The van der Waals surface area contributed by atoms with E-state index in [4.69, 9.17) is 21.1 Å². The Labute approximate surface area is 147 Å². The smallest absolute Gasteiger partial charge is 0.191 e. The van der Waals surface area contributed by atoms with Crippen LogP contribution in [-0.4, -0.2) is 33.3 Å². The van der Waals surface area contributed by atoms with Gasteiger partial charge in [-0.25, -0.2) is 0 Å². The van der Waals surface area contributed by atoms with Gasteiger partial charge in [-0.15, -0.1) is 0 Å². The van der Waals surface area contributed by atoms with Gasteiger partial charge in [0, 0.05) is 24.7 Å². The molecule has 0 aliphatic carbocycles. The van der Waals surface area contributed by atoms with Gasteiger partial charge in [0.1, 0.15) is 18.1 Å². The normalized spacial score (nSPS) is 11.0. The second-order valence-electron chi connectivity index (χ2n) is 5.01. The lowest BCUT2D eigenvalue weighted by Gasteiger charge is -2.13. The number of hydrogen-bond acceptors (Lipinski definition) is 3. The molecule has 0 spiro atoms. The molecule has 2 N–H and O–H groups in total. The van der Waals surface area contributed by atoms with E-state index in [9.17, 15) is 0 Å². The van der Waals surface area contributed by atoms with E-state index in [0.29, 0.717) is 19.7 Å². The number of ether oxygens (including phenoxy) is 2. The third-order valence-electron chi connectivity index (χ3n) is 3.30. The van der Waals surface area contributed by atoms with Crippen LogP contribution in [0.5, 0.6) is 11.5 Å². The van der Waals surface area contributed by atoms with E-state index < -0.39 is 0 Å². The number of nitrogens with zero attached hydrogens (tertiary/aromatic N) is 1. The number of hydrogen-bond donors (Lipinski definition) is 2. The highest BCUT2D eigenvalue weighted by atomic mass is 35.5. The number of methoxy groups -OCH3 is 1. The molecule has 0 unspecified atom stereocenters. The van der Waals surface area contributed by atoms with Gasteiger partial charge in [-0.05, 0) is 29.8 Å². The van der Waals surface area contributed by atoms with Gasteiger partial charge in [-0.2, -0.15) is 0 Å². The molecule has 0 bridgehead atoms. The van der Waals surface area contributed by atoms with Gasteiger partial charge in [-0.3, -0.25) is 4.99 Å². The van der Waals surface area contributed by atoms with E-state index in [-0.39, 0.29) is 0 Å². The van der Waals surface area contributed by atoms with Crippen molar-refractivity contribution in [2.75, 3.05) is 27.3 Å². The van der Waals surface area contributed by atoms with Crippen LogP contribution in [0.4, 0.5) is 0 Å². The van der Waals surface area contributed by atoms with Crippen LogP contribution in [0.15, 0.2) is 53.5 Å². The minimum absolute atomic E-state index is 0.523. The standard InChI is InChI=1S/C18H22ClN3O2/c1-20-18(22-13-14-6-8-15(19)9-7-14)21-10-11-24-17-5-3-4-16(12-17)23-2/h3-9,12H,10-11,13H2,1-2H3,(H2,20,21,22). The number of rotatable bonds is 7. The second-order valence-corrected chi connectivity index (χ2v) is 5.44. The highest BCUT2D eigenvalue weighted by Gasteiger charge is 2.00. The highest BCUT2D eigenvalue weighted by molar-refractivity contribution is 6.30. The van der Waals surface area contributed by atoms with E-state index in [2.05, 4.69) is 15.6 Å². The van der Waals surface area contributed by atoms with Crippen LogP contribution in [0.2, 0.25) is 5.02 Å². The maximum Gasteiger partial charge on any atom is 0.191 e. The van der Waals surface area contributed by atoms with Crippen molar-refractivity contribution in [2.45, 2.75) is 6.54 Å². The fourth-order valence-corrected chi connectivity index (χ4v) is 2.16. The summed E-state index contributed by atoms with van der Waals surface area (Å²) in [6, 6.07) is 15.2. The zero-order valence-electron chi connectivity index (χ0n) is 13.9. The van der Waals surface area contributed by atoms with Crippen molar-refractivity contribution in [1.29, 1.82) is 0 Å². The molecule has 6 heteroatoms. The Balaban J connectivity index is 1.70. The van der Waals surface area contributed by atoms with Gasteiger partial charge in [0.2, 0.25) is 0 Å². The van der Waals surface area contributed by atoms with E-state index >= 15 is 0 Å². The van der Waals surface area contributed by atoms with Gasteiger partial charge in [-0.1, -0.05) is 29.8 Å². The Morgan fingerprint density at radius 3 is 2.54 bits per heavy atom. The molecule has 0 fully saturated rings. The molecule has 2 aromatic carbocycles. The minimum Gasteiger partial charge on any atom is -0.497 e. The third-order valence-corrected chi connectivity index (χ3v) is 3.55. The molecule has 2 rings (SSSR count). The number of aliphatic imine (C=N–C) groups is 1. The summed E-state index contributed by atoms with van der Waals surface area (Å²) in [5.74, 6) is 2.28. The SMILES string of the molecule is CN=C(NCCOc1cccc(OC)c1)NCc1ccc(Cl)cc1. The first-order valence-corrected chi connectivity index (χ1v) is 8.05. The number of nitrogens with one attached hydrogen (secondary N) is 2. The van der Waals surface area contributed by atoms with Crippen molar-refractivity contribution < 1.29 is 9.47 Å². The quantitative estimate of drug-likeness (QED) is 0.459. The molecule has 5 nitrogen and oxygen atoms in total. The zero-order valence-corrected chi connectivity index (χ0v) is 14.6. The average Bonchev–Trinajstić information content (AvgIpc) is 2.62. The van der Waals surface area contributed by atoms with Gasteiger partial charge < -0.3 is 20.1 Å². The lowest BCUT2D eigenvalue weighted by molar-refractivity contribution is 0.319. The molecule has 0 aliphatic rings. The first-order chi connectivity index (χ1) is 11.7. The summed E-state index contributed by atoms with van der Waals surface area (Å²) >= 11 is 5.88. The summed E-state index contributed by atoms with van der Waals surface area (Å²) in [5, 5.41) is 7.18. The van der Waals surface area contributed by atoms with Crippen molar-refractivity contribution in [3.05, 3.63) is 59.1 Å². The third kappa shape index (κ3) is 6.01. The summed E-state index contributed by atoms with van der Waals surface area (Å²) in [6.45, 7) is 1.83. The van der Waals surface area contributed by atoms with E-state index in [1.165, 1.54) is 0 Å². The number of guanidine groups is 1. The predicted octanol–water partition coefficient (Wildman–Crippen LogP) is 3.09. The maximum absolute atomic E-state index is 5.88. The van der Waals surface area contributed by atoms with E-state index in [1.54, 1.807) is 14.2 Å². The van der Waals surface area contributed by atoms with Crippen molar-refractivity contribution in [3.63, 3.8) is 0 Å². The molecule has 0 atom stereocenters. The fourth-order valence-electron chi connectivity index (χ4n) is 2.04. The van der Waals surface area contributed by atoms with Crippen LogP contribution in [0.3, 0.4) is 0 Å². The molecule has 0 aromatic heterocycles. The minimum atomic E-state index is 0.523. The highest BCUT2D eigenvalue weighted by Crippen LogP contribution is 2.18. The zero-order chi connectivity index (χ0) is 17.2. The molecule has 0 amide bonds. The summed E-state index contributed by atoms with van der Waals surface area (Å²) < 4.78 is 10.8. The molecule has 0 saturated heterocycles. The first-order valence-electron chi connectivity index (χ1n) is 7.67. The fraction of sp³-hybridized carbons (Fsp3) is 0.278. The predicted molar refractivity (Wildman–Crippen MR) is 98.1 cm³/mol. The van der Waals surface area contributed by atoms with Crippen molar-refractivity contribution in [1.82, 2.24) is 10.6 Å². The first kappa shape index (κ1) is 17.9. The monoisotopic (exact) mass is 347 g/mol. The topological polar surface area (TPSA) is 54.9 Å². The largest absolute Gasteiger partial charge is 0.497 e. The molecule has 128 valence electrons. The van der Waals surface area contributed by atoms with Crippen LogP contribution in [-0.2, 0) is 6.54 Å². The summed E-state index contributed by atoms with van der Waals surface area (Å²) in [5.41, 5.74) is 1.13. The van der Waals surface area contributed by atoms with Crippen LogP contribution in [0.25, 0.3) is 0 Å². The van der Waals surface area contributed by atoms with Crippen molar-refractivity contribution in [3.8, 4) is 11.5 Å². The van der Waals surface area contributed by atoms with Crippen LogP contribution in [0, 0.1) is 0 Å². The molecular weight excluding hydrogens is 326 g/mol. The Hall–Kier alpha value is -2.40. The molecule has 0 saturated carbocycles. The second kappa shape index (κ2) is 9.67. The van der Waals surface area contributed by atoms with Gasteiger partial charge in [0.15, 0.2) is 5.96 Å². The maximum atomic E-state index is 5.88. The summed E-state index contributed by atoms with van der Waals surface area (Å²) in [6.07, 6.45) is 0. The van der Waals surface area contributed by atoms with E-state index in [0.717, 1.165) is 28.0 Å². The average molecular weight is 348 g/mol. The summed E-state index contributed by atoms with van der Waals surface area (Å²) in [4.78, 5) is 4.19. The van der Waals surface area contributed by atoms with Gasteiger partial charge >= 0.3 is 0 Å². The molecular formula is C18H22ClN3O2. The molecule has 2 aromatic rings. The lowest BCUT2D eigenvalue weighted by Crippen LogP contribution is -2.38. The van der Waals surface area contributed by atoms with Crippen LogP contribution in [0.1, 0.15) is 5.56 Å². The molecule has 0 radical (unpaired) electrons. The molecule has 24 heavy (non-hydrogen) atoms. The summed E-state index contributed by atoms with van der Waals surface area (Å²) in [7, 11) is 3.37. The van der Waals surface area contributed by atoms with Crippen LogP contribution < -0.4 is 20.1 Å². The molecule has 0 aliphatic heterocycles. The van der Waals surface area contributed by atoms with Crippen LogP contribution >= 0.6 is 11.6 Å². The van der Waals surface area contributed by atoms with Gasteiger partial charge in [0.25, 0.3) is 0 Å². The Morgan fingerprint density at radius 2 is 1.83 bits per heavy atom. The number of benzene rings is 2. The lowest BCUT2D eigenvalue weighted by atomic mass is 10.2.